The molecular weight excluding hydrogens is 233 g/mol. The highest BCUT2D eigenvalue weighted by atomic mass is 19.4. The zero-order valence-corrected chi connectivity index (χ0v) is 8.34. The van der Waals surface area contributed by atoms with Crippen molar-refractivity contribution in [1.29, 1.82) is 0 Å². The maximum Gasteiger partial charge on any atom is 0.490 e. The van der Waals surface area contributed by atoms with Crippen LogP contribution in [-0.2, 0) is 19.1 Å². The molecule has 0 rings (SSSR count). The van der Waals surface area contributed by atoms with Gasteiger partial charge in [-0.25, -0.2) is 4.79 Å². The van der Waals surface area contributed by atoms with Crippen LogP contribution in [0.4, 0.5) is 13.2 Å². The average Bonchev–Trinajstić information content (AvgIpc) is 2.16. The molecule has 6 nitrogen and oxygen atoms in total. The van der Waals surface area contributed by atoms with E-state index in [2.05, 4.69) is 14.8 Å². The molecule has 0 aliphatic heterocycles. The van der Waals surface area contributed by atoms with E-state index in [1.165, 1.54) is 0 Å². The molecule has 0 unspecified atom stereocenters. The summed E-state index contributed by atoms with van der Waals surface area (Å²) in [6, 6.07) is 0. The van der Waals surface area contributed by atoms with E-state index in [4.69, 9.17) is 5.73 Å². The SMILES string of the molecule is C[C@H](OC(=O)C(F)(F)F)C(=O)NCOCN. The van der Waals surface area contributed by atoms with Crippen LogP contribution in [0.3, 0.4) is 0 Å². The van der Waals surface area contributed by atoms with Crippen LogP contribution < -0.4 is 11.1 Å². The average molecular weight is 244 g/mol. The second kappa shape index (κ2) is 6.28. The summed E-state index contributed by atoms with van der Waals surface area (Å²) < 4.78 is 43.6. The predicted octanol–water partition coefficient (Wildman–Crippen LogP) is -0.513. The number of halogens is 3. The largest absolute Gasteiger partial charge is 0.490 e. The van der Waals surface area contributed by atoms with E-state index in [0.29, 0.717) is 0 Å². The van der Waals surface area contributed by atoms with Crippen molar-refractivity contribution in [3.8, 4) is 0 Å². The van der Waals surface area contributed by atoms with Crippen molar-refractivity contribution in [3.05, 3.63) is 0 Å². The molecule has 0 radical (unpaired) electrons. The van der Waals surface area contributed by atoms with Crippen molar-refractivity contribution in [3.63, 3.8) is 0 Å². The van der Waals surface area contributed by atoms with Crippen LogP contribution in [0.1, 0.15) is 6.92 Å². The number of hydrogen-bond donors (Lipinski definition) is 2. The minimum atomic E-state index is -5.12. The third-order valence-electron chi connectivity index (χ3n) is 1.35. The first kappa shape index (κ1) is 14.6. The topological polar surface area (TPSA) is 90.7 Å². The number of hydrogen-bond acceptors (Lipinski definition) is 5. The third-order valence-corrected chi connectivity index (χ3v) is 1.35. The van der Waals surface area contributed by atoms with Gasteiger partial charge < -0.3 is 20.5 Å². The number of nitrogens with two attached hydrogens (primary N) is 1. The Kier molecular flexibility index (Phi) is 5.75. The van der Waals surface area contributed by atoms with Crippen LogP contribution in [0.5, 0.6) is 0 Å². The van der Waals surface area contributed by atoms with Crippen LogP contribution >= 0.6 is 0 Å². The van der Waals surface area contributed by atoms with Crippen LogP contribution in [0, 0.1) is 0 Å². The van der Waals surface area contributed by atoms with Crippen molar-refractivity contribution in [2.24, 2.45) is 5.73 Å². The maximum atomic E-state index is 11.7. The van der Waals surface area contributed by atoms with Gasteiger partial charge in [-0.3, -0.25) is 4.79 Å². The minimum Gasteiger partial charge on any atom is -0.446 e. The molecule has 0 aromatic carbocycles. The summed E-state index contributed by atoms with van der Waals surface area (Å²) in [5, 5.41) is 2.05. The number of nitrogens with one attached hydrogen (secondary N) is 1. The standard InChI is InChI=1S/C7H11F3N2O4/c1-4(5(13)12-3-15-2-11)16-6(14)7(8,9)10/h4H,2-3,11H2,1H3,(H,12,13)/t4-/m0/s1. The second-order valence-corrected chi connectivity index (χ2v) is 2.60. The lowest BCUT2D eigenvalue weighted by molar-refractivity contribution is -0.204. The summed E-state index contributed by atoms with van der Waals surface area (Å²) >= 11 is 0. The van der Waals surface area contributed by atoms with E-state index in [0.717, 1.165) is 6.92 Å². The Morgan fingerprint density at radius 3 is 2.44 bits per heavy atom. The molecule has 94 valence electrons. The smallest absolute Gasteiger partial charge is 0.446 e. The second-order valence-electron chi connectivity index (χ2n) is 2.60. The van der Waals surface area contributed by atoms with E-state index in [-0.39, 0.29) is 13.5 Å². The monoisotopic (exact) mass is 244 g/mol. The Bertz CT molecular complexity index is 257. The molecule has 0 bridgehead atoms. The highest BCUT2D eigenvalue weighted by Gasteiger charge is 2.42. The molecule has 0 heterocycles. The first-order chi connectivity index (χ1) is 7.29. The zero-order chi connectivity index (χ0) is 12.8. The summed E-state index contributed by atoms with van der Waals surface area (Å²) in [7, 11) is 0. The molecule has 1 atom stereocenters. The molecular formula is C7H11F3N2O4. The number of carbonyl (C=O) groups is 2. The van der Waals surface area contributed by atoms with Crippen LogP contribution in [0.2, 0.25) is 0 Å². The lowest BCUT2D eigenvalue weighted by Gasteiger charge is -2.14. The lowest BCUT2D eigenvalue weighted by Crippen LogP contribution is -2.40. The Balaban J connectivity index is 4.01. The van der Waals surface area contributed by atoms with Crippen LogP contribution in [-0.4, -0.2) is 37.6 Å². The molecule has 0 aliphatic carbocycles. The molecule has 0 aromatic heterocycles. The molecule has 1 amide bonds. The Morgan fingerprint density at radius 2 is 2.00 bits per heavy atom. The molecule has 0 aromatic rings. The molecule has 16 heavy (non-hydrogen) atoms. The first-order valence-electron chi connectivity index (χ1n) is 4.12. The van der Waals surface area contributed by atoms with Gasteiger partial charge in [0.05, 0.1) is 6.73 Å². The van der Waals surface area contributed by atoms with E-state index >= 15 is 0 Å². The van der Waals surface area contributed by atoms with Crippen molar-refractivity contribution in [1.82, 2.24) is 5.32 Å². The number of esters is 1. The van der Waals surface area contributed by atoms with Gasteiger partial charge in [-0.2, -0.15) is 13.2 Å². The van der Waals surface area contributed by atoms with E-state index in [1.54, 1.807) is 0 Å². The van der Waals surface area contributed by atoms with E-state index in [9.17, 15) is 22.8 Å². The first-order valence-corrected chi connectivity index (χ1v) is 4.12. The van der Waals surface area contributed by atoms with Gasteiger partial charge in [0.25, 0.3) is 5.91 Å². The van der Waals surface area contributed by atoms with Gasteiger partial charge in [0.2, 0.25) is 0 Å². The maximum absolute atomic E-state index is 11.7. The normalized spacial score (nSPS) is 13.1. The fraction of sp³-hybridized carbons (Fsp3) is 0.714. The molecule has 0 saturated heterocycles. The van der Waals surface area contributed by atoms with E-state index in [1.807, 2.05) is 0 Å². The van der Waals surface area contributed by atoms with Crippen molar-refractivity contribution in [2.75, 3.05) is 13.5 Å². The number of rotatable bonds is 5. The molecule has 0 saturated carbocycles. The van der Waals surface area contributed by atoms with Crippen LogP contribution in [0.25, 0.3) is 0 Å². The van der Waals surface area contributed by atoms with Gasteiger partial charge >= 0.3 is 12.1 Å². The third kappa shape index (κ3) is 5.51. The van der Waals surface area contributed by atoms with Crippen molar-refractivity contribution < 1.29 is 32.2 Å². The number of ether oxygens (including phenoxy) is 2. The Labute approximate surface area is 88.9 Å². The van der Waals surface area contributed by atoms with Crippen molar-refractivity contribution >= 4 is 11.9 Å². The molecule has 3 N–H and O–H groups in total. The molecule has 0 aliphatic rings. The zero-order valence-electron chi connectivity index (χ0n) is 8.34. The molecule has 0 spiro atoms. The summed E-state index contributed by atoms with van der Waals surface area (Å²) in [4.78, 5) is 21.3. The summed E-state index contributed by atoms with van der Waals surface area (Å²) in [6.07, 6.45) is -6.68. The summed E-state index contributed by atoms with van der Waals surface area (Å²) in [5.74, 6) is -3.33. The number of carbonyl (C=O) groups excluding carboxylic acids is 2. The Morgan fingerprint density at radius 1 is 1.44 bits per heavy atom. The van der Waals surface area contributed by atoms with Gasteiger partial charge in [-0.1, -0.05) is 0 Å². The highest BCUT2D eigenvalue weighted by molar-refractivity contribution is 5.84. The van der Waals surface area contributed by atoms with E-state index < -0.39 is 24.2 Å². The summed E-state index contributed by atoms with van der Waals surface area (Å²) in [5.41, 5.74) is 4.92. The quantitative estimate of drug-likeness (QED) is 0.386. The van der Waals surface area contributed by atoms with Gasteiger partial charge in [-0.15, -0.1) is 0 Å². The lowest BCUT2D eigenvalue weighted by atomic mass is 10.4. The number of alkyl halides is 3. The molecule has 9 heteroatoms. The fourth-order valence-electron chi connectivity index (χ4n) is 0.606. The van der Waals surface area contributed by atoms with Gasteiger partial charge in [-0.05, 0) is 6.92 Å². The number of amides is 1. The summed E-state index contributed by atoms with van der Waals surface area (Å²) in [6.45, 7) is 0.571. The highest BCUT2D eigenvalue weighted by Crippen LogP contribution is 2.17. The van der Waals surface area contributed by atoms with Crippen LogP contribution in [0.15, 0.2) is 0 Å². The molecule has 0 fully saturated rings. The van der Waals surface area contributed by atoms with Gasteiger partial charge in [0.1, 0.15) is 6.73 Å². The Hall–Kier alpha value is -1.35. The predicted molar refractivity (Wildman–Crippen MR) is 44.8 cm³/mol. The van der Waals surface area contributed by atoms with Gasteiger partial charge in [0, 0.05) is 0 Å². The fourth-order valence-corrected chi connectivity index (χ4v) is 0.606. The van der Waals surface area contributed by atoms with Crippen molar-refractivity contribution in [2.45, 2.75) is 19.2 Å². The minimum absolute atomic E-state index is 0.156. The van der Waals surface area contributed by atoms with Gasteiger partial charge in [0.15, 0.2) is 6.10 Å².